The standard InChI is InChI=1S/C23H27FN2O2S/c1-16-4-3-5-17(2)26(16)23(28)19-8-6-18(7-9-19)14-29-15-22(27)25-21-12-10-20(24)11-13-21/h6-13,16-17H,3-5,14-15H2,1-2H3,(H,25,27). The van der Waals surface area contributed by atoms with E-state index < -0.39 is 0 Å². The fraction of sp³-hybridized carbons (Fsp3) is 0.391. The summed E-state index contributed by atoms with van der Waals surface area (Å²) >= 11 is 1.50. The predicted molar refractivity (Wildman–Crippen MR) is 117 cm³/mol. The molecule has 1 aliphatic rings. The van der Waals surface area contributed by atoms with Crippen molar-refractivity contribution in [3.05, 3.63) is 65.5 Å². The van der Waals surface area contributed by atoms with E-state index in [1.54, 1.807) is 0 Å². The van der Waals surface area contributed by atoms with Gasteiger partial charge in [-0.1, -0.05) is 12.1 Å². The number of amides is 2. The quantitative estimate of drug-likeness (QED) is 0.715. The molecular formula is C23H27FN2O2S. The van der Waals surface area contributed by atoms with Crippen LogP contribution in [0.5, 0.6) is 0 Å². The Bertz CT molecular complexity index is 829. The van der Waals surface area contributed by atoms with Gasteiger partial charge < -0.3 is 10.2 Å². The van der Waals surface area contributed by atoms with Crippen LogP contribution in [0, 0.1) is 5.82 Å². The Kier molecular flexibility index (Phi) is 7.31. The fourth-order valence-corrected chi connectivity index (χ4v) is 4.49. The molecule has 1 saturated heterocycles. The van der Waals surface area contributed by atoms with Crippen LogP contribution in [0.1, 0.15) is 49.0 Å². The molecule has 2 aromatic carbocycles. The normalized spacial score (nSPS) is 19.1. The van der Waals surface area contributed by atoms with Gasteiger partial charge in [-0.15, -0.1) is 11.8 Å². The first-order valence-corrected chi connectivity index (χ1v) is 11.1. The minimum absolute atomic E-state index is 0.0996. The van der Waals surface area contributed by atoms with E-state index in [0.29, 0.717) is 22.8 Å². The number of carbonyl (C=O) groups is 2. The molecule has 154 valence electrons. The highest BCUT2D eigenvalue weighted by atomic mass is 32.2. The van der Waals surface area contributed by atoms with E-state index >= 15 is 0 Å². The lowest BCUT2D eigenvalue weighted by molar-refractivity contribution is -0.113. The molecule has 1 aliphatic heterocycles. The van der Waals surface area contributed by atoms with Crippen LogP contribution < -0.4 is 5.32 Å². The largest absolute Gasteiger partial charge is 0.333 e. The lowest BCUT2D eigenvalue weighted by Gasteiger charge is -2.39. The molecule has 2 unspecified atom stereocenters. The average molecular weight is 415 g/mol. The van der Waals surface area contributed by atoms with Crippen molar-refractivity contribution < 1.29 is 14.0 Å². The third-order valence-corrected chi connectivity index (χ3v) is 6.26. The monoisotopic (exact) mass is 414 g/mol. The maximum absolute atomic E-state index is 12.9. The smallest absolute Gasteiger partial charge is 0.254 e. The summed E-state index contributed by atoms with van der Waals surface area (Å²) in [6.07, 6.45) is 3.30. The molecule has 0 spiro atoms. The van der Waals surface area contributed by atoms with Crippen molar-refractivity contribution in [2.24, 2.45) is 0 Å². The van der Waals surface area contributed by atoms with Gasteiger partial charge in [-0.25, -0.2) is 4.39 Å². The summed E-state index contributed by atoms with van der Waals surface area (Å²) in [4.78, 5) is 26.9. The van der Waals surface area contributed by atoms with Gasteiger partial charge in [0.1, 0.15) is 5.82 Å². The second-order valence-electron chi connectivity index (χ2n) is 7.59. The lowest BCUT2D eigenvalue weighted by Crippen LogP contribution is -2.47. The molecule has 2 amide bonds. The molecule has 1 heterocycles. The molecule has 0 radical (unpaired) electrons. The van der Waals surface area contributed by atoms with E-state index in [1.807, 2.05) is 29.2 Å². The second kappa shape index (κ2) is 9.92. The second-order valence-corrected chi connectivity index (χ2v) is 8.57. The number of halogens is 1. The number of rotatable bonds is 6. The van der Waals surface area contributed by atoms with E-state index in [9.17, 15) is 14.0 Å². The molecule has 3 rings (SSSR count). The zero-order chi connectivity index (χ0) is 20.8. The SMILES string of the molecule is CC1CCCC(C)N1C(=O)c1ccc(CSCC(=O)Nc2ccc(F)cc2)cc1. The topological polar surface area (TPSA) is 49.4 Å². The highest BCUT2D eigenvalue weighted by molar-refractivity contribution is 7.99. The number of thioether (sulfide) groups is 1. The van der Waals surface area contributed by atoms with Crippen molar-refractivity contribution in [1.29, 1.82) is 0 Å². The van der Waals surface area contributed by atoms with Gasteiger partial charge >= 0.3 is 0 Å². The van der Waals surface area contributed by atoms with Crippen molar-refractivity contribution in [3.63, 3.8) is 0 Å². The number of hydrogen-bond acceptors (Lipinski definition) is 3. The summed E-state index contributed by atoms with van der Waals surface area (Å²) < 4.78 is 12.9. The van der Waals surface area contributed by atoms with Gasteiger partial charge in [-0.2, -0.15) is 0 Å². The van der Waals surface area contributed by atoms with Crippen molar-refractivity contribution in [3.8, 4) is 0 Å². The van der Waals surface area contributed by atoms with Crippen LogP contribution in [-0.2, 0) is 10.5 Å². The number of benzene rings is 2. The first-order chi connectivity index (χ1) is 13.9. The minimum Gasteiger partial charge on any atom is -0.333 e. The molecule has 2 aromatic rings. The highest BCUT2D eigenvalue weighted by Crippen LogP contribution is 2.25. The molecule has 1 fully saturated rings. The first-order valence-electron chi connectivity index (χ1n) is 9.99. The minimum atomic E-state index is -0.330. The van der Waals surface area contributed by atoms with Crippen LogP contribution in [0.4, 0.5) is 10.1 Å². The Balaban J connectivity index is 1.48. The average Bonchev–Trinajstić information content (AvgIpc) is 2.70. The predicted octanol–water partition coefficient (Wildman–Crippen LogP) is 5.10. The molecule has 6 heteroatoms. The van der Waals surface area contributed by atoms with Crippen molar-refractivity contribution in [2.45, 2.75) is 50.9 Å². The maximum Gasteiger partial charge on any atom is 0.254 e. The van der Waals surface area contributed by atoms with Gasteiger partial charge in [-0.3, -0.25) is 9.59 Å². The zero-order valence-corrected chi connectivity index (χ0v) is 17.7. The van der Waals surface area contributed by atoms with E-state index in [4.69, 9.17) is 0 Å². The van der Waals surface area contributed by atoms with Crippen LogP contribution >= 0.6 is 11.8 Å². The van der Waals surface area contributed by atoms with Crippen molar-refractivity contribution >= 4 is 29.3 Å². The zero-order valence-electron chi connectivity index (χ0n) is 16.9. The van der Waals surface area contributed by atoms with Gasteiger partial charge in [-0.05, 0) is 75.1 Å². The van der Waals surface area contributed by atoms with E-state index in [1.165, 1.54) is 42.4 Å². The Hall–Kier alpha value is -2.34. The van der Waals surface area contributed by atoms with E-state index in [0.717, 1.165) is 18.4 Å². The lowest BCUT2D eigenvalue weighted by atomic mass is 9.96. The molecule has 29 heavy (non-hydrogen) atoms. The number of likely N-dealkylation sites (tertiary alicyclic amines) is 1. The summed E-state index contributed by atoms with van der Waals surface area (Å²) in [7, 11) is 0. The Labute approximate surface area is 175 Å². The van der Waals surface area contributed by atoms with Crippen LogP contribution in [0.15, 0.2) is 48.5 Å². The van der Waals surface area contributed by atoms with E-state index in [2.05, 4.69) is 19.2 Å². The number of piperidine rings is 1. The van der Waals surface area contributed by atoms with Gasteiger partial charge in [0.05, 0.1) is 5.75 Å². The highest BCUT2D eigenvalue weighted by Gasteiger charge is 2.29. The number of anilines is 1. The summed E-state index contributed by atoms with van der Waals surface area (Å²) in [5.41, 5.74) is 2.37. The van der Waals surface area contributed by atoms with Crippen molar-refractivity contribution in [2.75, 3.05) is 11.1 Å². The summed E-state index contributed by atoms with van der Waals surface area (Å²) in [5, 5.41) is 2.75. The molecule has 1 N–H and O–H groups in total. The third-order valence-electron chi connectivity index (χ3n) is 5.26. The van der Waals surface area contributed by atoms with Crippen LogP contribution in [0.3, 0.4) is 0 Å². The third kappa shape index (κ3) is 5.82. The fourth-order valence-electron chi connectivity index (χ4n) is 3.71. The molecule has 4 nitrogen and oxygen atoms in total. The first kappa shape index (κ1) is 21.4. The van der Waals surface area contributed by atoms with E-state index in [-0.39, 0.29) is 29.7 Å². The van der Waals surface area contributed by atoms with Crippen molar-refractivity contribution in [1.82, 2.24) is 4.90 Å². The Morgan fingerprint density at radius 3 is 2.28 bits per heavy atom. The molecule has 0 bridgehead atoms. The Morgan fingerprint density at radius 1 is 1.03 bits per heavy atom. The summed E-state index contributed by atoms with van der Waals surface area (Å²) in [5.74, 6) is 0.635. The number of hydrogen-bond donors (Lipinski definition) is 1. The van der Waals surface area contributed by atoms with Crippen LogP contribution in [0.25, 0.3) is 0 Å². The molecule has 0 saturated carbocycles. The molecular weight excluding hydrogens is 387 g/mol. The van der Waals surface area contributed by atoms with Gasteiger partial charge in [0.25, 0.3) is 5.91 Å². The van der Waals surface area contributed by atoms with Crippen LogP contribution in [0.2, 0.25) is 0 Å². The van der Waals surface area contributed by atoms with Crippen LogP contribution in [-0.4, -0.2) is 34.6 Å². The summed E-state index contributed by atoms with van der Waals surface area (Å²) in [6.45, 7) is 4.24. The summed E-state index contributed by atoms with van der Waals surface area (Å²) in [6, 6.07) is 13.9. The maximum atomic E-state index is 12.9. The molecule has 0 aliphatic carbocycles. The Morgan fingerprint density at radius 2 is 1.66 bits per heavy atom. The molecule has 0 aromatic heterocycles. The van der Waals surface area contributed by atoms with Gasteiger partial charge in [0.15, 0.2) is 0 Å². The number of carbonyl (C=O) groups excluding carboxylic acids is 2. The number of nitrogens with one attached hydrogen (secondary N) is 1. The number of nitrogens with zero attached hydrogens (tertiary/aromatic N) is 1. The molecule has 2 atom stereocenters. The van der Waals surface area contributed by atoms with Gasteiger partial charge in [0.2, 0.25) is 5.91 Å². The van der Waals surface area contributed by atoms with Gasteiger partial charge in [0, 0.05) is 29.1 Å².